The predicted octanol–water partition coefficient (Wildman–Crippen LogP) is 2.27. The molecule has 0 aliphatic carbocycles. The van der Waals surface area contributed by atoms with Crippen LogP contribution in [0.5, 0.6) is 0 Å². The lowest BCUT2D eigenvalue weighted by molar-refractivity contribution is 0.209. The zero-order chi connectivity index (χ0) is 12.1. The van der Waals surface area contributed by atoms with E-state index in [1.807, 2.05) is 12.4 Å². The van der Waals surface area contributed by atoms with Gasteiger partial charge in [-0.25, -0.2) is 0 Å². The van der Waals surface area contributed by atoms with Gasteiger partial charge in [0.15, 0.2) is 0 Å². The highest BCUT2D eigenvalue weighted by molar-refractivity contribution is 5.25. The molecule has 1 fully saturated rings. The minimum absolute atomic E-state index is 0.349. The molecule has 1 aromatic heterocycles. The van der Waals surface area contributed by atoms with Gasteiger partial charge in [0, 0.05) is 25.0 Å². The van der Waals surface area contributed by atoms with Crippen molar-refractivity contribution in [2.75, 3.05) is 19.6 Å². The number of nitrogens with two attached hydrogens (primary N) is 1. The van der Waals surface area contributed by atoms with Gasteiger partial charge in [-0.05, 0) is 50.0 Å². The van der Waals surface area contributed by atoms with E-state index < -0.39 is 0 Å². The molecule has 94 valence electrons. The van der Waals surface area contributed by atoms with E-state index in [1.165, 1.54) is 49.9 Å². The molecule has 2 heterocycles. The van der Waals surface area contributed by atoms with E-state index in [9.17, 15) is 0 Å². The van der Waals surface area contributed by atoms with Gasteiger partial charge in [-0.1, -0.05) is 12.8 Å². The largest absolute Gasteiger partial charge is 0.329 e. The van der Waals surface area contributed by atoms with E-state index in [0.29, 0.717) is 12.6 Å². The average molecular weight is 233 g/mol. The van der Waals surface area contributed by atoms with Crippen LogP contribution in [0.4, 0.5) is 0 Å². The SMILES string of the molecule is Cc1ccncc1C(CN)N1CCCCCC1. The Hall–Kier alpha value is -0.930. The quantitative estimate of drug-likeness (QED) is 0.871. The minimum atomic E-state index is 0.349. The number of pyridine rings is 1. The summed E-state index contributed by atoms with van der Waals surface area (Å²) in [4.78, 5) is 6.79. The number of hydrogen-bond acceptors (Lipinski definition) is 3. The first-order valence-corrected chi connectivity index (χ1v) is 6.67. The topological polar surface area (TPSA) is 42.1 Å². The molecule has 0 radical (unpaired) electrons. The molecule has 2 rings (SSSR count). The summed E-state index contributed by atoms with van der Waals surface area (Å²) in [6, 6.07) is 2.43. The van der Waals surface area contributed by atoms with Gasteiger partial charge in [0.25, 0.3) is 0 Å². The van der Waals surface area contributed by atoms with Gasteiger partial charge >= 0.3 is 0 Å². The number of aryl methyl sites for hydroxylation is 1. The third-order valence-corrected chi connectivity index (χ3v) is 3.74. The van der Waals surface area contributed by atoms with Crippen molar-refractivity contribution in [2.45, 2.75) is 38.6 Å². The van der Waals surface area contributed by atoms with Gasteiger partial charge < -0.3 is 5.73 Å². The molecular weight excluding hydrogens is 210 g/mol. The number of likely N-dealkylation sites (tertiary alicyclic amines) is 1. The molecule has 1 unspecified atom stereocenters. The Kier molecular flexibility index (Phi) is 4.51. The first kappa shape index (κ1) is 12.5. The summed E-state index contributed by atoms with van der Waals surface area (Å²) in [5.74, 6) is 0. The van der Waals surface area contributed by atoms with E-state index in [-0.39, 0.29) is 0 Å². The van der Waals surface area contributed by atoms with Crippen molar-refractivity contribution in [2.24, 2.45) is 5.73 Å². The van der Waals surface area contributed by atoms with Crippen molar-refractivity contribution in [3.8, 4) is 0 Å². The summed E-state index contributed by atoms with van der Waals surface area (Å²) in [6.45, 7) is 5.19. The van der Waals surface area contributed by atoms with Crippen molar-refractivity contribution >= 4 is 0 Å². The zero-order valence-electron chi connectivity index (χ0n) is 10.7. The number of hydrogen-bond donors (Lipinski definition) is 1. The second-order valence-electron chi connectivity index (χ2n) is 4.93. The molecule has 2 N–H and O–H groups in total. The summed E-state index contributed by atoms with van der Waals surface area (Å²) in [6.07, 6.45) is 9.16. The standard InChI is InChI=1S/C14H23N3/c1-12-6-7-16-11-13(12)14(10-15)17-8-4-2-3-5-9-17/h6-7,11,14H,2-5,8-10,15H2,1H3. The van der Waals surface area contributed by atoms with Crippen LogP contribution in [0.1, 0.15) is 42.9 Å². The minimum Gasteiger partial charge on any atom is -0.329 e. The molecule has 1 aliphatic heterocycles. The molecule has 1 atom stereocenters. The molecule has 0 saturated carbocycles. The molecule has 0 spiro atoms. The summed E-state index contributed by atoms with van der Waals surface area (Å²) in [7, 11) is 0. The smallest absolute Gasteiger partial charge is 0.0488 e. The molecule has 0 aromatic carbocycles. The van der Waals surface area contributed by atoms with E-state index in [1.54, 1.807) is 0 Å². The second-order valence-corrected chi connectivity index (χ2v) is 4.93. The number of rotatable bonds is 3. The van der Waals surface area contributed by atoms with Crippen molar-refractivity contribution < 1.29 is 0 Å². The van der Waals surface area contributed by atoms with Gasteiger partial charge in [-0.2, -0.15) is 0 Å². The van der Waals surface area contributed by atoms with Crippen molar-refractivity contribution in [1.82, 2.24) is 9.88 Å². The van der Waals surface area contributed by atoms with Gasteiger partial charge in [0.2, 0.25) is 0 Å². The molecular formula is C14H23N3. The monoisotopic (exact) mass is 233 g/mol. The zero-order valence-corrected chi connectivity index (χ0v) is 10.7. The van der Waals surface area contributed by atoms with Crippen LogP contribution < -0.4 is 5.73 Å². The van der Waals surface area contributed by atoms with Crippen molar-refractivity contribution in [3.63, 3.8) is 0 Å². The van der Waals surface area contributed by atoms with Crippen molar-refractivity contribution in [1.29, 1.82) is 0 Å². The van der Waals surface area contributed by atoms with Gasteiger partial charge in [-0.3, -0.25) is 9.88 Å². The summed E-state index contributed by atoms with van der Waals surface area (Å²) < 4.78 is 0. The summed E-state index contributed by atoms with van der Waals surface area (Å²) >= 11 is 0. The molecule has 0 bridgehead atoms. The van der Waals surface area contributed by atoms with Crippen LogP contribution in [-0.2, 0) is 0 Å². The fraction of sp³-hybridized carbons (Fsp3) is 0.643. The molecule has 1 aliphatic rings. The van der Waals surface area contributed by atoms with E-state index in [4.69, 9.17) is 5.73 Å². The van der Waals surface area contributed by atoms with Crippen LogP contribution >= 0.6 is 0 Å². The summed E-state index contributed by atoms with van der Waals surface area (Å²) in [5.41, 5.74) is 8.59. The van der Waals surface area contributed by atoms with Crippen LogP contribution in [0, 0.1) is 6.92 Å². The van der Waals surface area contributed by atoms with Crippen molar-refractivity contribution in [3.05, 3.63) is 29.6 Å². The van der Waals surface area contributed by atoms with Crippen LogP contribution in [0.2, 0.25) is 0 Å². The molecule has 1 aromatic rings. The Morgan fingerprint density at radius 3 is 2.59 bits per heavy atom. The Morgan fingerprint density at radius 2 is 2.00 bits per heavy atom. The van der Waals surface area contributed by atoms with E-state index in [0.717, 1.165) is 0 Å². The maximum atomic E-state index is 5.99. The van der Waals surface area contributed by atoms with Crippen LogP contribution in [0.25, 0.3) is 0 Å². The lowest BCUT2D eigenvalue weighted by Crippen LogP contribution is -2.35. The molecule has 0 amide bonds. The normalized spacial score (nSPS) is 19.9. The van der Waals surface area contributed by atoms with Gasteiger partial charge in [-0.15, -0.1) is 0 Å². The molecule has 3 nitrogen and oxygen atoms in total. The maximum absolute atomic E-state index is 5.99. The third kappa shape index (κ3) is 3.05. The first-order valence-electron chi connectivity index (χ1n) is 6.67. The van der Waals surface area contributed by atoms with Gasteiger partial charge in [0.05, 0.1) is 0 Å². The lowest BCUT2D eigenvalue weighted by atomic mass is 10.0. The lowest BCUT2D eigenvalue weighted by Gasteiger charge is -2.30. The molecule has 17 heavy (non-hydrogen) atoms. The number of nitrogens with zero attached hydrogens (tertiary/aromatic N) is 2. The van der Waals surface area contributed by atoms with Crippen LogP contribution in [0.3, 0.4) is 0 Å². The third-order valence-electron chi connectivity index (χ3n) is 3.74. The van der Waals surface area contributed by atoms with E-state index in [2.05, 4.69) is 22.9 Å². The fourth-order valence-corrected chi connectivity index (χ4v) is 2.70. The fourth-order valence-electron chi connectivity index (χ4n) is 2.70. The van der Waals surface area contributed by atoms with E-state index >= 15 is 0 Å². The van der Waals surface area contributed by atoms with Gasteiger partial charge in [0.1, 0.15) is 0 Å². The molecule has 1 saturated heterocycles. The first-order chi connectivity index (χ1) is 8.33. The second kappa shape index (κ2) is 6.12. The predicted molar refractivity (Wildman–Crippen MR) is 70.8 cm³/mol. The number of aromatic nitrogens is 1. The highest BCUT2D eigenvalue weighted by Gasteiger charge is 2.21. The van der Waals surface area contributed by atoms with Crippen LogP contribution in [-0.4, -0.2) is 29.5 Å². The summed E-state index contributed by atoms with van der Waals surface area (Å²) in [5, 5.41) is 0. The maximum Gasteiger partial charge on any atom is 0.0488 e. The Morgan fingerprint density at radius 1 is 1.29 bits per heavy atom. The highest BCUT2D eigenvalue weighted by Crippen LogP contribution is 2.24. The van der Waals surface area contributed by atoms with Crippen LogP contribution in [0.15, 0.2) is 18.5 Å². The average Bonchev–Trinajstić information content (AvgIpc) is 2.62. The Balaban J connectivity index is 2.17. The highest BCUT2D eigenvalue weighted by atomic mass is 15.2. The Bertz CT molecular complexity index is 343. The Labute approximate surface area is 104 Å². The molecule has 3 heteroatoms.